The molecule has 19 heavy (non-hydrogen) atoms. The van der Waals surface area contributed by atoms with E-state index in [4.69, 9.17) is 0 Å². The molecule has 1 saturated heterocycles. The SMILES string of the molecule is CC1CNCCN1c1cncc(-c2ccncc2)c1. The Bertz CT molecular complexity index is 541. The topological polar surface area (TPSA) is 41.0 Å². The zero-order valence-corrected chi connectivity index (χ0v) is 11.1. The molecule has 3 rings (SSSR count). The quantitative estimate of drug-likeness (QED) is 0.889. The van der Waals surface area contributed by atoms with Crippen LogP contribution >= 0.6 is 0 Å². The van der Waals surface area contributed by atoms with Gasteiger partial charge in [0.2, 0.25) is 0 Å². The van der Waals surface area contributed by atoms with Crippen LogP contribution in [-0.4, -0.2) is 35.6 Å². The normalized spacial score (nSPS) is 19.4. The van der Waals surface area contributed by atoms with E-state index >= 15 is 0 Å². The van der Waals surface area contributed by atoms with Crippen molar-refractivity contribution in [3.05, 3.63) is 43.0 Å². The molecule has 1 atom stereocenters. The van der Waals surface area contributed by atoms with Gasteiger partial charge in [-0.15, -0.1) is 0 Å². The molecule has 0 bridgehead atoms. The molecule has 1 unspecified atom stereocenters. The molecular formula is C15H18N4. The predicted octanol–water partition coefficient (Wildman–Crippen LogP) is 1.94. The van der Waals surface area contributed by atoms with Gasteiger partial charge in [-0.2, -0.15) is 0 Å². The monoisotopic (exact) mass is 254 g/mol. The Hall–Kier alpha value is -1.94. The Kier molecular flexibility index (Phi) is 3.42. The summed E-state index contributed by atoms with van der Waals surface area (Å²) >= 11 is 0. The van der Waals surface area contributed by atoms with Gasteiger partial charge in [0, 0.05) is 49.8 Å². The van der Waals surface area contributed by atoms with E-state index < -0.39 is 0 Å². The van der Waals surface area contributed by atoms with Crippen molar-refractivity contribution in [1.82, 2.24) is 15.3 Å². The highest BCUT2D eigenvalue weighted by atomic mass is 15.2. The summed E-state index contributed by atoms with van der Waals surface area (Å²) < 4.78 is 0. The molecule has 98 valence electrons. The van der Waals surface area contributed by atoms with E-state index in [0.29, 0.717) is 6.04 Å². The molecule has 4 nitrogen and oxygen atoms in total. The van der Waals surface area contributed by atoms with E-state index in [1.165, 1.54) is 5.69 Å². The Morgan fingerprint density at radius 3 is 2.79 bits per heavy atom. The van der Waals surface area contributed by atoms with Gasteiger partial charge in [0.15, 0.2) is 0 Å². The second kappa shape index (κ2) is 5.36. The van der Waals surface area contributed by atoms with Gasteiger partial charge in [-0.1, -0.05) is 0 Å². The van der Waals surface area contributed by atoms with Crippen molar-refractivity contribution < 1.29 is 0 Å². The fourth-order valence-electron chi connectivity index (χ4n) is 2.51. The van der Waals surface area contributed by atoms with E-state index in [-0.39, 0.29) is 0 Å². The second-order valence-electron chi connectivity index (χ2n) is 4.91. The molecule has 0 aromatic carbocycles. The first-order chi connectivity index (χ1) is 9.34. The van der Waals surface area contributed by atoms with Crippen molar-refractivity contribution in [1.29, 1.82) is 0 Å². The van der Waals surface area contributed by atoms with Crippen molar-refractivity contribution in [2.45, 2.75) is 13.0 Å². The maximum Gasteiger partial charge on any atom is 0.0562 e. The molecule has 0 radical (unpaired) electrons. The van der Waals surface area contributed by atoms with E-state index in [1.54, 1.807) is 0 Å². The van der Waals surface area contributed by atoms with Gasteiger partial charge < -0.3 is 10.2 Å². The number of piperazine rings is 1. The van der Waals surface area contributed by atoms with Gasteiger partial charge in [-0.05, 0) is 30.7 Å². The molecule has 4 heteroatoms. The van der Waals surface area contributed by atoms with E-state index in [1.807, 2.05) is 36.9 Å². The third-order valence-electron chi connectivity index (χ3n) is 3.57. The Morgan fingerprint density at radius 1 is 1.16 bits per heavy atom. The minimum Gasteiger partial charge on any atom is -0.365 e. The molecule has 3 heterocycles. The first kappa shape index (κ1) is 12.1. The summed E-state index contributed by atoms with van der Waals surface area (Å²) in [6, 6.07) is 6.75. The molecule has 0 saturated carbocycles. The Balaban J connectivity index is 1.91. The zero-order valence-electron chi connectivity index (χ0n) is 11.1. The molecular weight excluding hydrogens is 236 g/mol. The number of pyridine rings is 2. The highest BCUT2D eigenvalue weighted by molar-refractivity contribution is 5.66. The number of anilines is 1. The van der Waals surface area contributed by atoms with Crippen molar-refractivity contribution >= 4 is 5.69 Å². The molecule has 0 aliphatic carbocycles. The number of hydrogen-bond acceptors (Lipinski definition) is 4. The highest BCUT2D eigenvalue weighted by Gasteiger charge is 2.18. The summed E-state index contributed by atoms with van der Waals surface area (Å²) in [5.41, 5.74) is 3.50. The minimum absolute atomic E-state index is 0.503. The lowest BCUT2D eigenvalue weighted by Gasteiger charge is -2.35. The number of rotatable bonds is 2. The summed E-state index contributed by atoms with van der Waals surface area (Å²) in [6.45, 7) is 5.33. The zero-order chi connectivity index (χ0) is 13.1. The summed E-state index contributed by atoms with van der Waals surface area (Å²) in [5.74, 6) is 0. The van der Waals surface area contributed by atoms with Crippen LogP contribution in [0.4, 0.5) is 5.69 Å². The summed E-state index contributed by atoms with van der Waals surface area (Å²) in [7, 11) is 0. The first-order valence-electron chi connectivity index (χ1n) is 6.67. The summed E-state index contributed by atoms with van der Waals surface area (Å²) in [4.78, 5) is 10.9. The van der Waals surface area contributed by atoms with Crippen LogP contribution in [0.5, 0.6) is 0 Å². The van der Waals surface area contributed by atoms with Gasteiger partial charge in [0.25, 0.3) is 0 Å². The lowest BCUT2D eigenvalue weighted by molar-refractivity contribution is 0.500. The fraction of sp³-hybridized carbons (Fsp3) is 0.333. The van der Waals surface area contributed by atoms with Crippen LogP contribution in [0.25, 0.3) is 11.1 Å². The standard InChI is InChI=1S/C15H18N4/c1-12-9-17-6-7-19(12)15-8-14(10-18-11-15)13-2-4-16-5-3-13/h2-5,8,10-12,17H,6-7,9H2,1H3. The fourth-order valence-corrected chi connectivity index (χ4v) is 2.51. The third-order valence-corrected chi connectivity index (χ3v) is 3.57. The van der Waals surface area contributed by atoms with Crippen LogP contribution in [0, 0.1) is 0 Å². The number of nitrogens with one attached hydrogen (secondary N) is 1. The van der Waals surface area contributed by atoms with Gasteiger partial charge in [-0.25, -0.2) is 0 Å². The first-order valence-corrected chi connectivity index (χ1v) is 6.67. The van der Waals surface area contributed by atoms with E-state index in [0.717, 1.165) is 30.8 Å². The third kappa shape index (κ3) is 2.58. The minimum atomic E-state index is 0.503. The average Bonchev–Trinajstić information content (AvgIpc) is 2.49. The lowest BCUT2D eigenvalue weighted by Crippen LogP contribution is -2.49. The van der Waals surface area contributed by atoms with Gasteiger partial charge in [0.1, 0.15) is 0 Å². The van der Waals surface area contributed by atoms with Gasteiger partial charge in [0.05, 0.1) is 11.9 Å². The number of nitrogens with zero attached hydrogens (tertiary/aromatic N) is 3. The number of aromatic nitrogens is 2. The van der Waals surface area contributed by atoms with Crippen molar-refractivity contribution in [3.63, 3.8) is 0 Å². The highest BCUT2D eigenvalue weighted by Crippen LogP contribution is 2.24. The smallest absolute Gasteiger partial charge is 0.0562 e. The largest absolute Gasteiger partial charge is 0.365 e. The molecule has 1 aliphatic heterocycles. The molecule has 2 aromatic heterocycles. The predicted molar refractivity (Wildman–Crippen MR) is 77.1 cm³/mol. The average molecular weight is 254 g/mol. The van der Waals surface area contributed by atoms with Crippen molar-refractivity contribution in [2.24, 2.45) is 0 Å². The Labute approximate surface area is 113 Å². The second-order valence-corrected chi connectivity index (χ2v) is 4.91. The van der Waals surface area contributed by atoms with Crippen molar-refractivity contribution in [2.75, 3.05) is 24.5 Å². The summed E-state index contributed by atoms with van der Waals surface area (Å²) in [6.07, 6.45) is 7.49. The van der Waals surface area contributed by atoms with Crippen molar-refractivity contribution in [3.8, 4) is 11.1 Å². The van der Waals surface area contributed by atoms with Crippen LogP contribution in [0.2, 0.25) is 0 Å². The molecule has 1 aliphatic rings. The van der Waals surface area contributed by atoms with E-state index in [2.05, 4.69) is 33.2 Å². The maximum absolute atomic E-state index is 4.39. The van der Waals surface area contributed by atoms with Gasteiger partial charge >= 0.3 is 0 Å². The van der Waals surface area contributed by atoms with Gasteiger partial charge in [-0.3, -0.25) is 9.97 Å². The summed E-state index contributed by atoms with van der Waals surface area (Å²) in [5, 5.41) is 3.41. The molecule has 1 N–H and O–H groups in total. The Morgan fingerprint density at radius 2 is 2.00 bits per heavy atom. The van der Waals surface area contributed by atoms with Crippen LogP contribution in [0.1, 0.15) is 6.92 Å². The van der Waals surface area contributed by atoms with Crippen LogP contribution < -0.4 is 10.2 Å². The molecule has 0 spiro atoms. The molecule has 0 amide bonds. The maximum atomic E-state index is 4.39. The number of hydrogen-bond donors (Lipinski definition) is 1. The van der Waals surface area contributed by atoms with Crippen LogP contribution in [-0.2, 0) is 0 Å². The van der Waals surface area contributed by atoms with Crippen LogP contribution in [0.3, 0.4) is 0 Å². The lowest BCUT2D eigenvalue weighted by atomic mass is 10.1. The van der Waals surface area contributed by atoms with E-state index in [9.17, 15) is 0 Å². The van der Waals surface area contributed by atoms with Crippen LogP contribution in [0.15, 0.2) is 43.0 Å². The molecule has 1 fully saturated rings. The molecule has 2 aromatic rings.